The molecule has 0 fully saturated rings. The molecule has 1 aromatic carbocycles. The van der Waals surface area contributed by atoms with Crippen molar-refractivity contribution in [2.45, 2.75) is 206 Å². The lowest BCUT2D eigenvalue weighted by Gasteiger charge is -2.09. The predicted molar refractivity (Wildman–Crippen MR) is 212 cm³/mol. The minimum Gasteiger partial charge on any atom is -0.393 e. The largest absolute Gasteiger partial charge is 0.393 e. The summed E-state index contributed by atoms with van der Waals surface area (Å²) in [6, 6.07) is 8.08. The van der Waals surface area contributed by atoms with Crippen molar-refractivity contribution < 1.29 is 19.8 Å². The molecular formula is C44H76N2O4. The Labute approximate surface area is 307 Å². The summed E-state index contributed by atoms with van der Waals surface area (Å²) in [5.41, 5.74) is 2.10. The summed E-state index contributed by atoms with van der Waals surface area (Å²) in [7, 11) is 0. The summed E-state index contributed by atoms with van der Waals surface area (Å²) in [5, 5.41) is 26.2. The number of carbonyl (C=O) groups is 2. The number of aliphatic hydroxyl groups is 2. The third-order valence-electron chi connectivity index (χ3n) is 9.45. The first kappa shape index (κ1) is 45.6. The van der Waals surface area contributed by atoms with E-state index in [1.165, 1.54) is 51.4 Å². The van der Waals surface area contributed by atoms with Gasteiger partial charge in [-0.15, -0.1) is 0 Å². The Hall–Kier alpha value is -2.44. The SMILES string of the molecule is CCCCCCC(O)C/C=C\CCCCCCCC(=O)NCc1cccc(CNC(=O)CCCCCCC/C=C\CC(O)CCCCCC)c1. The van der Waals surface area contributed by atoms with Crippen molar-refractivity contribution in [3.63, 3.8) is 0 Å². The summed E-state index contributed by atoms with van der Waals surface area (Å²) in [6.07, 6.45) is 35.6. The molecule has 286 valence electrons. The number of rotatable bonds is 34. The monoisotopic (exact) mass is 697 g/mol. The Morgan fingerprint density at radius 3 is 1.40 bits per heavy atom. The number of hydrogen-bond donors (Lipinski definition) is 4. The van der Waals surface area contributed by atoms with E-state index in [1.54, 1.807) is 0 Å². The van der Waals surface area contributed by atoms with Crippen molar-refractivity contribution >= 4 is 11.8 Å². The zero-order valence-corrected chi connectivity index (χ0v) is 32.3. The van der Waals surface area contributed by atoms with Crippen LogP contribution in [0.15, 0.2) is 48.6 Å². The Morgan fingerprint density at radius 2 is 0.960 bits per heavy atom. The standard InChI is InChI=1S/C44H76N2O4/c1-3-5-7-21-30-41(47)32-23-17-13-9-11-15-19-25-34-43(49)45-37-39-28-27-29-40(36-39)38-46-44(50)35-26-20-16-12-10-14-18-24-33-42(48)31-22-8-6-4-2/h17-18,23-24,27-29,36,41-42,47-48H,3-16,19-22,25-26,30-35,37-38H2,1-2H3,(H,45,49)(H,46,50)/b23-17-,24-18-. The lowest BCUT2D eigenvalue weighted by atomic mass is 10.1. The molecule has 6 nitrogen and oxygen atoms in total. The van der Waals surface area contributed by atoms with Crippen LogP contribution in [0.25, 0.3) is 0 Å². The molecule has 0 spiro atoms. The number of allylic oxidation sites excluding steroid dienone is 2. The lowest BCUT2D eigenvalue weighted by Crippen LogP contribution is -2.23. The van der Waals surface area contributed by atoms with Gasteiger partial charge in [-0.3, -0.25) is 9.59 Å². The van der Waals surface area contributed by atoms with Crippen molar-refractivity contribution in [1.29, 1.82) is 0 Å². The van der Waals surface area contributed by atoms with Gasteiger partial charge >= 0.3 is 0 Å². The molecule has 1 rings (SSSR count). The molecule has 6 heteroatoms. The van der Waals surface area contributed by atoms with Crippen LogP contribution in [0.5, 0.6) is 0 Å². The maximum Gasteiger partial charge on any atom is 0.220 e. The number of aliphatic hydroxyl groups excluding tert-OH is 2. The highest BCUT2D eigenvalue weighted by atomic mass is 16.3. The van der Waals surface area contributed by atoms with Gasteiger partial charge < -0.3 is 20.8 Å². The Morgan fingerprint density at radius 1 is 0.560 bits per heavy atom. The lowest BCUT2D eigenvalue weighted by molar-refractivity contribution is -0.122. The molecule has 0 aliphatic carbocycles. The molecule has 50 heavy (non-hydrogen) atoms. The maximum absolute atomic E-state index is 12.4. The second-order valence-electron chi connectivity index (χ2n) is 14.4. The normalized spacial score (nSPS) is 12.9. The Kier molecular flexibility index (Phi) is 30.7. The van der Waals surface area contributed by atoms with Gasteiger partial charge in [0.05, 0.1) is 12.2 Å². The molecule has 4 N–H and O–H groups in total. The van der Waals surface area contributed by atoms with Crippen LogP contribution < -0.4 is 10.6 Å². The summed E-state index contributed by atoms with van der Waals surface area (Å²) >= 11 is 0. The van der Waals surface area contributed by atoms with Gasteiger partial charge in [0, 0.05) is 25.9 Å². The topological polar surface area (TPSA) is 98.7 Å². The van der Waals surface area contributed by atoms with E-state index >= 15 is 0 Å². The van der Waals surface area contributed by atoms with Crippen LogP contribution in [0.2, 0.25) is 0 Å². The first-order valence-corrected chi connectivity index (χ1v) is 20.7. The second-order valence-corrected chi connectivity index (χ2v) is 14.4. The fraction of sp³-hybridized carbons (Fsp3) is 0.727. The number of carbonyl (C=O) groups excluding carboxylic acids is 2. The van der Waals surface area contributed by atoms with Gasteiger partial charge in [0.15, 0.2) is 0 Å². The van der Waals surface area contributed by atoms with Crippen molar-refractivity contribution in [2.24, 2.45) is 0 Å². The average Bonchev–Trinajstić information content (AvgIpc) is 3.12. The predicted octanol–water partition coefficient (Wildman–Crippen LogP) is 10.9. The fourth-order valence-corrected chi connectivity index (χ4v) is 6.18. The molecule has 1 aromatic rings. The zero-order valence-electron chi connectivity index (χ0n) is 32.3. The van der Waals surface area contributed by atoms with E-state index in [4.69, 9.17) is 0 Å². The number of hydrogen-bond acceptors (Lipinski definition) is 4. The molecule has 0 saturated carbocycles. The Balaban J connectivity index is 2.02. The quantitative estimate of drug-likeness (QED) is 0.0426. The molecule has 0 aromatic heterocycles. The van der Waals surface area contributed by atoms with Crippen LogP contribution in [0, 0.1) is 0 Å². The van der Waals surface area contributed by atoms with Crippen molar-refractivity contribution in [3.8, 4) is 0 Å². The van der Waals surface area contributed by atoms with Gasteiger partial charge in [-0.2, -0.15) is 0 Å². The first-order chi connectivity index (χ1) is 24.4. The van der Waals surface area contributed by atoms with Gasteiger partial charge in [-0.25, -0.2) is 0 Å². The van der Waals surface area contributed by atoms with E-state index in [9.17, 15) is 19.8 Å². The van der Waals surface area contributed by atoms with E-state index in [-0.39, 0.29) is 24.0 Å². The third kappa shape index (κ3) is 29.3. The molecule has 0 aliphatic rings. The van der Waals surface area contributed by atoms with Crippen LogP contribution in [0.3, 0.4) is 0 Å². The number of benzene rings is 1. The third-order valence-corrected chi connectivity index (χ3v) is 9.45. The van der Waals surface area contributed by atoms with Crippen molar-refractivity contribution in [3.05, 3.63) is 59.7 Å². The summed E-state index contributed by atoms with van der Waals surface area (Å²) in [6.45, 7) is 5.44. The van der Waals surface area contributed by atoms with Crippen LogP contribution in [-0.4, -0.2) is 34.2 Å². The van der Waals surface area contributed by atoms with E-state index in [2.05, 4.69) is 54.9 Å². The molecule has 0 aliphatic heterocycles. The molecule has 0 radical (unpaired) electrons. The Bertz CT molecular complexity index is 932. The number of amides is 2. The average molecular weight is 697 g/mol. The highest BCUT2D eigenvalue weighted by Gasteiger charge is 2.05. The zero-order chi connectivity index (χ0) is 36.3. The van der Waals surface area contributed by atoms with Crippen molar-refractivity contribution in [2.75, 3.05) is 0 Å². The summed E-state index contributed by atoms with van der Waals surface area (Å²) < 4.78 is 0. The molecular weight excluding hydrogens is 620 g/mol. The van der Waals surface area contributed by atoms with Crippen LogP contribution in [0.1, 0.15) is 192 Å². The highest BCUT2D eigenvalue weighted by Crippen LogP contribution is 2.13. The number of nitrogens with one attached hydrogen (secondary N) is 2. The molecule has 2 unspecified atom stereocenters. The first-order valence-electron chi connectivity index (χ1n) is 20.7. The molecule has 2 amide bonds. The van der Waals surface area contributed by atoms with E-state index in [1.807, 2.05) is 18.2 Å². The maximum atomic E-state index is 12.4. The minimum atomic E-state index is -0.192. The summed E-state index contributed by atoms with van der Waals surface area (Å²) in [5.74, 6) is 0.194. The van der Waals surface area contributed by atoms with E-state index in [0.29, 0.717) is 25.9 Å². The number of unbranched alkanes of at least 4 members (excludes halogenated alkanes) is 16. The van der Waals surface area contributed by atoms with Crippen LogP contribution in [-0.2, 0) is 22.7 Å². The molecule has 0 bridgehead atoms. The van der Waals surface area contributed by atoms with Gasteiger partial charge in [0.2, 0.25) is 11.8 Å². The van der Waals surface area contributed by atoms with Gasteiger partial charge in [0.25, 0.3) is 0 Å². The van der Waals surface area contributed by atoms with E-state index < -0.39 is 0 Å². The van der Waals surface area contributed by atoms with Crippen LogP contribution in [0.4, 0.5) is 0 Å². The van der Waals surface area contributed by atoms with Gasteiger partial charge in [0.1, 0.15) is 0 Å². The highest BCUT2D eigenvalue weighted by molar-refractivity contribution is 5.76. The minimum absolute atomic E-state index is 0.0969. The summed E-state index contributed by atoms with van der Waals surface area (Å²) in [4.78, 5) is 24.7. The van der Waals surface area contributed by atoms with Gasteiger partial charge in [-0.05, 0) is 75.3 Å². The van der Waals surface area contributed by atoms with Crippen molar-refractivity contribution in [1.82, 2.24) is 10.6 Å². The second kappa shape index (κ2) is 33.7. The van der Waals surface area contributed by atoms with E-state index in [0.717, 1.165) is 114 Å². The molecule has 2 atom stereocenters. The van der Waals surface area contributed by atoms with Crippen LogP contribution >= 0.6 is 0 Å². The molecule has 0 heterocycles. The van der Waals surface area contributed by atoms with Gasteiger partial charge in [-0.1, -0.05) is 152 Å². The smallest absolute Gasteiger partial charge is 0.220 e. The fourth-order valence-electron chi connectivity index (χ4n) is 6.18. The molecule has 0 saturated heterocycles.